The zero-order chi connectivity index (χ0) is 41.3. The number of benzene rings is 6. The van der Waals surface area contributed by atoms with Crippen LogP contribution in [0.15, 0.2) is 210 Å². The number of fused-ring (bicyclic) bond motifs is 4. The summed E-state index contributed by atoms with van der Waals surface area (Å²) in [6, 6.07) is 45.4. The first-order valence-electron chi connectivity index (χ1n) is 21.1. The van der Waals surface area contributed by atoms with E-state index in [1.54, 1.807) is 0 Å². The summed E-state index contributed by atoms with van der Waals surface area (Å²) in [7, 11) is 0. The SMILES string of the molecule is C=C/C(C)=C(CC)\C(C)=C/c1cccc2ccccc12.CC.NC1=C/C(c2ccccc2-c2ccc3c(c2)C3)=C(/C=C/Nc2cccc3ccccc23)C2=CC2C\C=C\1. The highest BCUT2D eigenvalue weighted by Gasteiger charge is 2.29. The van der Waals surface area contributed by atoms with Crippen LogP contribution in [0.1, 0.15) is 69.7 Å². The van der Waals surface area contributed by atoms with Gasteiger partial charge in [0.2, 0.25) is 0 Å². The highest BCUT2D eigenvalue weighted by molar-refractivity contribution is 5.95. The van der Waals surface area contributed by atoms with E-state index in [0.717, 1.165) is 36.2 Å². The minimum absolute atomic E-state index is 0.461. The molecule has 6 aromatic rings. The molecule has 6 aromatic carbocycles. The molecule has 9 rings (SSSR count). The van der Waals surface area contributed by atoms with Crippen LogP contribution in [-0.2, 0) is 6.42 Å². The monoisotopic (exact) mass is 768 g/mol. The van der Waals surface area contributed by atoms with Gasteiger partial charge in [-0.15, -0.1) is 0 Å². The quantitative estimate of drug-likeness (QED) is 0.144. The summed E-state index contributed by atoms with van der Waals surface area (Å²) in [5.74, 6) is 0.461. The van der Waals surface area contributed by atoms with E-state index in [1.807, 2.05) is 19.9 Å². The van der Waals surface area contributed by atoms with Crippen LogP contribution in [-0.4, -0.2) is 0 Å². The van der Waals surface area contributed by atoms with Crippen molar-refractivity contribution in [1.29, 1.82) is 0 Å². The van der Waals surface area contributed by atoms with Gasteiger partial charge >= 0.3 is 0 Å². The van der Waals surface area contributed by atoms with Gasteiger partial charge in [-0.3, -0.25) is 0 Å². The van der Waals surface area contributed by atoms with Crippen molar-refractivity contribution in [3.8, 4) is 11.1 Å². The zero-order valence-corrected chi connectivity index (χ0v) is 35.2. The number of allylic oxidation sites excluding steroid dienone is 12. The Kier molecular flexibility index (Phi) is 12.9. The van der Waals surface area contributed by atoms with E-state index in [0.29, 0.717) is 5.92 Å². The first kappa shape index (κ1) is 40.6. The second-order valence-electron chi connectivity index (χ2n) is 15.2. The molecule has 0 saturated carbocycles. The lowest BCUT2D eigenvalue weighted by atomic mass is 9.89. The lowest BCUT2D eigenvalue weighted by Crippen LogP contribution is -1.98. The topological polar surface area (TPSA) is 38.0 Å². The molecule has 2 nitrogen and oxygen atoms in total. The Morgan fingerprint density at radius 3 is 2.20 bits per heavy atom. The number of rotatable bonds is 9. The summed E-state index contributed by atoms with van der Waals surface area (Å²) in [5, 5.41) is 8.60. The molecule has 2 heteroatoms. The highest BCUT2D eigenvalue weighted by Crippen LogP contribution is 2.45. The van der Waals surface area contributed by atoms with Crippen molar-refractivity contribution in [3.05, 3.63) is 232 Å². The van der Waals surface area contributed by atoms with Crippen LogP contribution >= 0.6 is 0 Å². The van der Waals surface area contributed by atoms with Crippen LogP contribution < -0.4 is 11.1 Å². The van der Waals surface area contributed by atoms with Gasteiger partial charge in [0.05, 0.1) is 0 Å². The van der Waals surface area contributed by atoms with Gasteiger partial charge in [0.25, 0.3) is 0 Å². The predicted molar refractivity (Wildman–Crippen MR) is 258 cm³/mol. The summed E-state index contributed by atoms with van der Waals surface area (Å²) in [5.41, 5.74) is 24.0. The van der Waals surface area contributed by atoms with E-state index in [1.165, 1.54) is 82.8 Å². The molecule has 0 spiro atoms. The molecule has 0 radical (unpaired) electrons. The maximum atomic E-state index is 6.51. The first-order chi connectivity index (χ1) is 28.9. The van der Waals surface area contributed by atoms with Gasteiger partial charge in [-0.25, -0.2) is 0 Å². The molecule has 3 aliphatic carbocycles. The molecule has 0 fully saturated rings. The average molecular weight is 769 g/mol. The summed E-state index contributed by atoms with van der Waals surface area (Å²) in [6.45, 7) is 14.4. The van der Waals surface area contributed by atoms with Crippen LogP contribution in [0, 0.1) is 5.92 Å². The van der Waals surface area contributed by atoms with Gasteiger partial charge in [0.1, 0.15) is 0 Å². The molecule has 0 bridgehead atoms. The van der Waals surface area contributed by atoms with Crippen molar-refractivity contribution in [1.82, 2.24) is 0 Å². The number of hydrogen-bond acceptors (Lipinski definition) is 2. The number of anilines is 1. The van der Waals surface area contributed by atoms with E-state index < -0.39 is 0 Å². The Labute approximate surface area is 351 Å². The van der Waals surface area contributed by atoms with Crippen LogP contribution in [0.2, 0.25) is 0 Å². The van der Waals surface area contributed by atoms with Crippen LogP contribution in [0.25, 0.3) is 44.3 Å². The van der Waals surface area contributed by atoms with E-state index in [4.69, 9.17) is 5.73 Å². The molecule has 294 valence electrons. The Balaban J connectivity index is 0.000000204. The Morgan fingerprint density at radius 2 is 1.46 bits per heavy atom. The predicted octanol–water partition coefficient (Wildman–Crippen LogP) is 15.3. The van der Waals surface area contributed by atoms with E-state index in [-0.39, 0.29) is 0 Å². The molecular weight excluding hydrogens is 713 g/mol. The van der Waals surface area contributed by atoms with Crippen LogP contribution in [0.5, 0.6) is 0 Å². The first-order valence-corrected chi connectivity index (χ1v) is 21.1. The van der Waals surface area contributed by atoms with Crippen molar-refractivity contribution in [2.45, 2.75) is 53.9 Å². The van der Waals surface area contributed by atoms with Crippen LogP contribution in [0.4, 0.5) is 5.69 Å². The van der Waals surface area contributed by atoms with Crippen molar-refractivity contribution >= 4 is 38.9 Å². The molecule has 59 heavy (non-hydrogen) atoms. The average Bonchev–Trinajstić information content (AvgIpc) is 4.22. The molecule has 0 aliphatic heterocycles. The van der Waals surface area contributed by atoms with Gasteiger partial charge in [-0.2, -0.15) is 0 Å². The second kappa shape index (κ2) is 18.7. The third kappa shape index (κ3) is 9.40. The molecular formula is C57H56N2. The normalized spacial score (nSPS) is 18.5. The van der Waals surface area contributed by atoms with Gasteiger partial charge in [0, 0.05) is 28.9 Å². The fourth-order valence-electron chi connectivity index (χ4n) is 8.15. The molecule has 0 amide bonds. The fourth-order valence-corrected chi connectivity index (χ4v) is 8.15. The van der Waals surface area contributed by atoms with Gasteiger partial charge in [0.15, 0.2) is 0 Å². The summed E-state index contributed by atoms with van der Waals surface area (Å²) < 4.78 is 0. The Morgan fingerprint density at radius 1 is 0.780 bits per heavy atom. The zero-order valence-electron chi connectivity index (χ0n) is 35.2. The largest absolute Gasteiger partial charge is 0.399 e. The minimum atomic E-state index is 0.461. The second-order valence-corrected chi connectivity index (χ2v) is 15.2. The van der Waals surface area contributed by atoms with Gasteiger partial charge in [-0.1, -0.05) is 173 Å². The van der Waals surface area contributed by atoms with Crippen molar-refractivity contribution in [2.75, 3.05) is 5.32 Å². The van der Waals surface area contributed by atoms with Crippen molar-refractivity contribution < 1.29 is 0 Å². The maximum Gasteiger partial charge on any atom is 0.0459 e. The van der Waals surface area contributed by atoms with Gasteiger partial charge < -0.3 is 11.1 Å². The highest BCUT2D eigenvalue weighted by atomic mass is 14.8. The maximum absolute atomic E-state index is 6.51. The molecule has 0 aromatic heterocycles. The lowest BCUT2D eigenvalue weighted by Gasteiger charge is -2.15. The Hall–Kier alpha value is -6.64. The minimum Gasteiger partial charge on any atom is -0.399 e. The third-order valence-electron chi connectivity index (χ3n) is 11.4. The fraction of sp³-hybridized carbons (Fsp3) is 0.158. The molecule has 3 N–H and O–H groups in total. The standard InChI is InChI=1S/C35H28N2.C20H22.C2H6/c36-28-10-5-9-25-21-33(25)32(17-18-37-35-14-6-8-23-7-1-2-12-30(23)35)34(22-28)31-13-4-3-11-29(31)26-16-15-24-19-27(24)20-26;1-5-15(3)19(6-2)16(4)14-18-12-9-11-17-10-7-8-13-20(17)18;1-2/h1-8,10-18,20-22,25,37H,9,19,36H2;5,7-14H,1,6H2,2-4H3;1-2H3/b10-5+,18-17+,28-22+,34-32+;16-14-,19-15-;. The molecule has 0 saturated heterocycles. The lowest BCUT2D eigenvalue weighted by molar-refractivity contribution is 0.914. The van der Waals surface area contributed by atoms with Crippen LogP contribution in [0.3, 0.4) is 0 Å². The number of hydrogen-bond donors (Lipinski definition) is 2. The Bertz CT molecular complexity index is 2730. The molecule has 1 atom stereocenters. The summed E-state index contributed by atoms with van der Waals surface area (Å²) >= 11 is 0. The summed E-state index contributed by atoms with van der Waals surface area (Å²) in [4.78, 5) is 0. The smallest absolute Gasteiger partial charge is 0.0459 e. The number of nitrogens with one attached hydrogen (secondary N) is 1. The molecule has 1 unspecified atom stereocenters. The van der Waals surface area contributed by atoms with E-state index in [9.17, 15) is 0 Å². The van der Waals surface area contributed by atoms with Crippen molar-refractivity contribution in [3.63, 3.8) is 0 Å². The van der Waals surface area contributed by atoms with Crippen molar-refractivity contribution in [2.24, 2.45) is 11.7 Å². The molecule has 3 aliphatic rings. The summed E-state index contributed by atoms with van der Waals surface area (Å²) in [6.07, 6.45) is 20.4. The van der Waals surface area contributed by atoms with E-state index in [2.05, 4.69) is 203 Å². The molecule has 0 heterocycles. The van der Waals surface area contributed by atoms with E-state index >= 15 is 0 Å². The number of nitrogens with two attached hydrogens (primary N) is 1. The van der Waals surface area contributed by atoms with Gasteiger partial charge in [-0.05, 0) is 140 Å². The third-order valence-corrected chi connectivity index (χ3v) is 11.4.